The first-order valence-electron chi connectivity index (χ1n) is 16.2. The lowest BCUT2D eigenvalue weighted by Crippen LogP contribution is -2.56. The van der Waals surface area contributed by atoms with Crippen molar-refractivity contribution in [3.63, 3.8) is 0 Å². The standard InChI is InChI=1S/C36H44ClN5O2/c37-30-13-11-26(12-14-30)23-33(40-35(43)24-32-31-9-3-1-7-28(31)15-17-39-32)36(44)42-20-18-41(19-21-42)34-10-4-2-8-29(34)22-27-6-5-16-38-25-27/h1-4,7-14,27,32-33,38-39H,5-6,15-25H2,(H,40,43)/t27?,32?,33-/m1/s1. The Labute approximate surface area is 266 Å². The van der Waals surface area contributed by atoms with Gasteiger partial charge in [0.1, 0.15) is 6.04 Å². The quantitative estimate of drug-likeness (QED) is 0.331. The van der Waals surface area contributed by atoms with Crippen LogP contribution in [-0.4, -0.2) is 68.6 Å². The Morgan fingerprint density at radius 1 is 0.932 bits per heavy atom. The van der Waals surface area contributed by atoms with Gasteiger partial charge < -0.3 is 25.8 Å². The van der Waals surface area contributed by atoms with Crippen molar-refractivity contribution in [2.75, 3.05) is 50.7 Å². The topological polar surface area (TPSA) is 76.7 Å². The third-order valence-electron chi connectivity index (χ3n) is 9.42. The van der Waals surface area contributed by atoms with Crippen molar-refractivity contribution < 1.29 is 9.59 Å². The first kappa shape index (κ1) is 30.6. The van der Waals surface area contributed by atoms with Gasteiger partial charge in [0.25, 0.3) is 0 Å². The number of hydrogen-bond donors (Lipinski definition) is 3. The summed E-state index contributed by atoms with van der Waals surface area (Å²) < 4.78 is 0. The minimum absolute atomic E-state index is 0.0217. The molecule has 2 amide bonds. The summed E-state index contributed by atoms with van der Waals surface area (Å²) in [4.78, 5) is 31.8. The molecule has 2 unspecified atom stereocenters. The number of hydrogen-bond acceptors (Lipinski definition) is 5. The fourth-order valence-corrected chi connectivity index (χ4v) is 7.19. The van der Waals surface area contributed by atoms with E-state index in [4.69, 9.17) is 11.6 Å². The molecule has 3 aromatic rings. The summed E-state index contributed by atoms with van der Waals surface area (Å²) in [7, 11) is 0. The zero-order valence-corrected chi connectivity index (χ0v) is 26.2. The number of piperazine rings is 1. The Kier molecular flexibility index (Phi) is 10.2. The molecule has 3 N–H and O–H groups in total. The van der Waals surface area contributed by atoms with Gasteiger partial charge in [-0.1, -0.05) is 66.2 Å². The number of carbonyl (C=O) groups excluding carboxylic acids is 2. The molecule has 3 aliphatic heterocycles. The van der Waals surface area contributed by atoms with E-state index in [-0.39, 0.29) is 17.9 Å². The average molecular weight is 614 g/mol. The molecule has 3 aliphatic rings. The number of carbonyl (C=O) groups is 2. The molecule has 7 nitrogen and oxygen atoms in total. The molecule has 0 aliphatic carbocycles. The Hall–Kier alpha value is -3.39. The molecule has 0 aromatic heterocycles. The van der Waals surface area contributed by atoms with Crippen LogP contribution in [0.2, 0.25) is 5.02 Å². The highest BCUT2D eigenvalue weighted by Gasteiger charge is 2.31. The van der Waals surface area contributed by atoms with Crippen LogP contribution in [0.5, 0.6) is 0 Å². The van der Waals surface area contributed by atoms with Crippen LogP contribution < -0.4 is 20.9 Å². The van der Waals surface area contributed by atoms with Crippen molar-refractivity contribution in [1.82, 2.24) is 20.9 Å². The van der Waals surface area contributed by atoms with Gasteiger partial charge in [-0.15, -0.1) is 0 Å². The number of nitrogens with one attached hydrogen (secondary N) is 3. The molecule has 6 rings (SSSR count). The van der Waals surface area contributed by atoms with Crippen LogP contribution in [0.1, 0.15) is 47.6 Å². The third-order valence-corrected chi connectivity index (χ3v) is 9.67. The molecule has 2 saturated heterocycles. The maximum Gasteiger partial charge on any atom is 0.245 e. The molecule has 0 spiro atoms. The second kappa shape index (κ2) is 14.6. The van der Waals surface area contributed by atoms with Crippen LogP contribution in [0, 0.1) is 5.92 Å². The van der Waals surface area contributed by atoms with Gasteiger partial charge >= 0.3 is 0 Å². The Balaban J connectivity index is 1.11. The second-order valence-corrected chi connectivity index (χ2v) is 12.9. The van der Waals surface area contributed by atoms with Crippen LogP contribution in [0.3, 0.4) is 0 Å². The zero-order valence-electron chi connectivity index (χ0n) is 25.4. The van der Waals surface area contributed by atoms with Crippen LogP contribution in [0.4, 0.5) is 5.69 Å². The molecule has 44 heavy (non-hydrogen) atoms. The molecule has 0 saturated carbocycles. The lowest BCUT2D eigenvalue weighted by atomic mass is 9.91. The van der Waals surface area contributed by atoms with Crippen molar-refractivity contribution >= 4 is 29.1 Å². The zero-order chi connectivity index (χ0) is 30.3. The number of anilines is 1. The van der Waals surface area contributed by atoms with Crippen LogP contribution >= 0.6 is 11.6 Å². The van der Waals surface area contributed by atoms with E-state index in [1.807, 2.05) is 35.2 Å². The van der Waals surface area contributed by atoms with Crippen LogP contribution in [-0.2, 0) is 28.9 Å². The Morgan fingerprint density at radius 3 is 2.50 bits per heavy atom. The lowest BCUT2D eigenvalue weighted by Gasteiger charge is -2.39. The maximum atomic E-state index is 14.0. The van der Waals surface area contributed by atoms with Crippen molar-refractivity contribution in [2.24, 2.45) is 5.92 Å². The number of para-hydroxylation sites is 1. The highest BCUT2D eigenvalue weighted by atomic mass is 35.5. The summed E-state index contributed by atoms with van der Waals surface area (Å²) >= 11 is 6.14. The summed E-state index contributed by atoms with van der Waals surface area (Å²) in [5, 5.41) is 10.8. The number of nitrogens with zero attached hydrogens (tertiary/aromatic N) is 2. The first-order valence-corrected chi connectivity index (χ1v) is 16.6. The Morgan fingerprint density at radius 2 is 1.70 bits per heavy atom. The monoisotopic (exact) mass is 613 g/mol. The van der Waals surface area contributed by atoms with Gasteiger partial charge in [0.05, 0.1) is 0 Å². The van der Waals surface area contributed by atoms with E-state index in [9.17, 15) is 9.59 Å². The van der Waals surface area contributed by atoms with Gasteiger partial charge in [-0.05, 0) is 91.7 Å². The molecule has 232 valence electrons. The van der Waals surface area contributed by atoms with E-state index in [0.717, 1.165) is 51.1 Å². The van der Waals surface area contributed by atoms with Crippen molar-refractivity contribution in [3.8, 4) is 0 Å². The largest absolute Gasteiger partial charge is 0.368 e. The van der Waals surface area contributed by atoms with Gasteiger partial charge in [-0.3, -0.25) is 9.59 Å². The SMILES string of the molecule is O=C(CC1NCCc2ccccc21)N[C@H](Cc1ccc(Cl)cc1)C(=O)N1CCN(c2ccccc2CC2CCCNC2)CC1. The summed E-state index contributed by atoms with van der Waals surface area (Å²) in [6, 6.07) is 23.9. The second-order valence-electron chi connectivity index (χ2n) is 12.5. The van der Waals surface area contributed by atoms with E-state index in [1.165, 1.54) is 35.2 Å². The molecular weight excluding hydrogens is 570 g/mol. The molecule has 8 heteroatoms. The van der Waals surface area contributed by atoms with E-state index in [1.54, 1.807) is 0 Å². The average Bonchev–Trinajstić information content (AvgIpc) is 3.06. The minimum atomic E-state index is -0.639. The molecule has 2 fully saturated rings. The summed E-state index contributed by atoms with van der Waals surface area (Å²) in [6.45, 7) is 5.85. The number of halogens is 1. The van der Waals surface area contributed by atoms with Crippen LogP contribution in [0.15, 0.2) is 72.8 Å². The molecular formula is C36H44ClN5O2. The summed E-state index contributed by atoms with van der Waals surface area (Å²) in [5.74, 6) is 0.532. The lowest BCUT2D eigenvalue weighted by molar-refractivity contribution is -0.136. The van der Waals surface area contributed by atoms with E-state index in [0.29, 0.717) is 36.9 Å². The molecule has 0 bridgehead atoms. The summed E-state index contributed by atoms with van der Waals surface area (Å²) in [6.07, 6.45) is 5.27. The van der Waals surface area contributed by atoms with Gasteiger partial charge in [0.2, 0.25) is 11.8 Å². The summed E-state index contributed by atoms with van der Waals surface area (Å²) in [5.41, 5.74) is 6.11. The highest BCUT2D eigenvalue weighted by molar-refractivity contribution is 6.30. The number of piperidine rings is 1. The van der Waals surface area contributed by atoms with Crippen molar-refractivity contribution in [2.45, 2.75) is 50.6 Å². The van der Waals surface area contributed by atoms with Gasteiger partial charge in [0.15, 0.2) is 0 Å². The molecule has 3 atom stereocenters. The van der Waals surface area contributed by atoms with Crippen molar-refractivity contribution in [3.05, 3.63) is 100 Å². The van der Waals surface area contributed by atoms with E-state index in [2.05, 4.69) is 63.3 Å². The van der Waals surface area contributed by atoms with Gasteiger partial charge in [-0.2, -0.15) is 0 Å². The third kappa shape index (κ3) is 7.63. The van der Waals surface area contributed by atoms with E-state index >= 15 is 0 Å². The fraction of sp³-hybridized carbons (Fsp3) is 0.444. The number of amides is 2. The molecule has 0 radical (unpaired) electrons. The number of fused-ring (bicyclic) bond motifs is 1. The fourth-order valence-electron chi connectivity index (χ4n) is 7.06. The van der Waals surface area contributed by atoms with Gasteiger partial charge in [0, 0.05) is 55.8 Å². The highest BCUT2D eigenvalue weighted by Crippen LogP contribution is 2.28. The molecule has 3 heterocycles. The van der Waals surface area contributed by atoms with E-state index < -0.39 is 6.04 Å². The number of benzene rings is 3. The molecule has 3 aromatic carbocycles. The van der Waals surface area contributed by atoms with Crippen LogP contribution in [0.25, 0.3) is 0 Å². The first-order chi connectivity index (χ1) is 21.5. The predicted octanol–water partition coefficient (Wildman–Crippen LogP) is 4.54. The van der Waals surface area contributed by atoms with Crippen molar-refractivity contribution in [1.29, 1.82) is 0 Å². The normalized spacial score (nSPS) is 20.9. The predicted molar refractivity (Wildman–Crippen MR) is 177 cm³/mol. The Bertz CT molecular complexity index is 1420. The maximum absolute atomic E-state index is 14.0. The van der Waals surface area contributed by atoms with Gasteiger partial charge in [-0.25, -0.2) is 0 Å². The number of rotatable bonds is 9. The smallest absolute Gasteiger partial charge is 0.245 e. The minimum Gasteiger partial charge on any atom is -0.368 e.